The Balaban J connectivity index is 1.61. The number of nitrogens with one attached hydrogen (secondary N) is 1. The molecule has 2 heterocycles. The molecular formula is C29H40N4O3. The van der Waals surface area contributed by atoms with E-state index in [1.165, 1.54) is 5.56 Å². The summed E-state index contributed by atoms with van der Waals surface area (Å²) in [6.07, 6.45) is 1.58. The minimum atomic E-state index is -0.461. The number of hydrogen-bond donors (Lipinski definition) is 1. The van der Waals surface area contributed by atoms with Gasteiger partial charge in [-0.25, -0.2) is 0 Å². The van der Waals surface area contributed by atoms with Gasteiger partial charge in [0.2, 0.25) is 5.91 Å². The van der Waals surface area contributed by atoms with E-state index in [9.17, 15) is 9.59 Å². The quantitative estimate of drug-likeness (QED) is 0.613. The Morgan fingerprint density at radius 1 is 1.08 bits per heavy atom. The highest BCUT2D eigenvalue weighted by molar-refractivity contribution is 5.98. The fourth-order valence-electron chi connectivity index (χ4n) is 5.37. The number of rotatable bonds is 8. The monoisotopic (exact) mass is 492 g/mol. The molecule has 1 N–H and O–H groups in total. The van der Waals surface area contributed by atoms with Gasteiger partial charge >= 0.3 is 0 Å². The number of likely N-dealkylation sites (tertiary alicyclic amines) is 1. The molecule has 2 atom stereocenters. The smallest absolute Gasteiger partial charge is 0.254 e. The Hall–Kier alpha value is -2.90. The topological polar surface area (TPSA) is 65.1 Å². The van der Waals surface area contributed by atoms with E-state index in [2.05, 4.69) is 48.3 Å². The van der Waals surface area contributed by atoms with Crippen LogP contribution >= 0.6 is 0 Å². The maximum atomic E-state index is 13.8. The van der Waals surface area contributed by atoms with Crippen LogP contribution in [0.1, 0.15) is 42.6 Å². The third kappa shape index (κ3) is 6.45. The first-order valence-electron chi connectivity index (χ1n) is 13.2. The molecule has 2 aromatic carbocycles. The Morgan fingerprint density at radius 3 is 2.64 bits per heavy atom. The van der Waals surface area contributed by atoms with E-state index in [4.69, 9.17) is 4.74 Å². The number of nitrogens with zero attached hydrogens (tertiary/aromatic N) is 3. The second-order valence-corrected chi connectivity index (χ2v) is 10.3. The Bertz CT molecular complexity index is 1000. The van der Waals surface area contributed by atoms with Crippen molar-refractivity contribution < 1.29 is 14.3 Å². The fourth-order valence-corrected chi connectivity index (χ4v) is 5.37. The number of ether oxygens (including phenoxy) is 1. The summed E-state index contributed by atoms with van der Waals surface area (Å²) >= 11 is 0. The largest absolute Gasteiger partial charge is 0.497 e. The predicted molar refractivity (Wildman–Crippen MR) is 142 cm³/mol. The van der Waals surface area contributed by atoms with Crippen molar-refractivity contribution in [3.63, 3.8) is 0 Å². The second kappa shape index (κ2) is 12.4. The third-order valence-corrected chi connectivity index (χ3v) is 7.14. The molecule has 0 aliphatic carbocycles. The van der Waals surface area contributed by atoms with Crippen molar-refractivity contribution in [1.29, 1.82) is 0 Å². The van der Waals surface area contributed by atoms with Gasteiger partial charge in [-0.3, -0.25) is 14.5 Å². The summed E-state index contributed by atoms with van der Waals surface area (Å²) in [5.74, 6) is 1.08. The molecule has 0 saturated carbocycles. The van der Waals surface area contributed by atoms with Crippen molar-refractivity contribution in [2.24, 2.45) is 5.92 Å². The van der Waals surface area contributed by atoms with Crippen molar-refractivity contribution in [2.45, 2.75) is 45.3 Å². The summed E-state index contributed by atoms with van der Waals surface area (Å²) in [6.45, 7) is 9.82. The number of hydrogen-bond acceptors (Lipinski definition) is 5. The molecule has 0 spiro atoms. The molecule has 2 amide bonds. The van der Waals surface area contributed by atoms with Crippen LogP contribution in [-0.2, 0) is 11.3 Å². The molecule has 0 aromatic heterocycles. The lowest BCUT2D eigenvalue weighted by Crippen LogP contribution is -2.48. The zero-order valence-corrected chi connectivity index (χ0v) is 21.9. The average molecular weight is 493 g/mol. The molecule has 2 unspecified atom stereocenters. The first-order valence-corrected chi connectivity index (χ1v) is 13.2. The van der Waals surface area contributed by atoms with Gasteiger partial charge in [0.15, 0.2) is 0 Å². The van der Waals surface area contributed by atoms with Crippen LogP contribution in [0, 0.1) is 5.92 Å². The van der Waals surface area contributed by atoms with Crippen LogP contribution in [0.4, 0.5) is 0 Å². The summed E-state index contributed by atoms with van der Waals surface area (Å²) in [4.78, 5) is 33.9. The van der Waals surface area contributed by atoms with E-state index in [1.54, 1.807) is 13.2 Å². The van der Waals surface area contributed by atoms with Gasteiger partial charge in [-0.1, -0.05) is 50.2 Å². The zero-order valence-electron chi connectivity index (χ0n) is 21.9. The summed E-state index contributed by atoms with van der Waals surface area (Å²) < 4.78 is 5.36. The summed E-state index contributed by atoms with van der Waals surface area (Å²) in [6, 6.07) is 17.4. The number of amides is 2. The molecule has 4 rings (SSSR count). The van der Waals surface area contributed by atoms with E-state index in [1.807, 2.05) is 34.1 Å². The fraction of sp³-hybridized carbons (Fsp3) is 0.517. The molecule has 36 heavy (non-hydrogen) atoms. The SMILES string of the molecule is COc1cccc(C(=O)N2CC(N(Cc3ccccc3)CC(C)C)CC2C(=O)N2CCCNCC2)c1. The van der Waals surface area contributed by atoms with Gasteiger partial charge in [-0.05, 0) is 49.1 Å². The molecular weight excluding hydrogens is 452 g/mol. The predicted octanol–water partition coefficient (Wildman–Crippen LogP) is 3.26. The summed E-state index contributed by atoms with van der Waals surface area (Å²) in [5, 5.41) is 3.37. The lowest BCUT2D eigenvalue weighted by molar-refractivity contribution is -0.135. The lowest BCUT2D eigenvalue weighted by atomic mass is 10.1. The van der Waals surface area contributed by atoms with E-state index in [0.717, 1.165) is 39.1 Å². The minimum Gasteiger partial charge on any atom is -0.497 e. The van der Waals surface area contributed by atoms with Crippen LogP contribution in [0.15, 0.2) is 54.6 Å². The maximum absolute atomic E-state index is 13.8. The number of carbonyl (C=O) groups is 2. The van der Waals surface area contributed by atoms with Crippen LogP contribution in [0.3, 0.4) is 0 Å². The lowest BCUT2D eigenvalue weighted by Gasteiger charge is -2.30. The summed E-state index contributed by atoms with van der Waals surface area (Å²) in [7, 11) is 1.60. The Labute approximate surface area is 215 Å². The average Bonchev–Trinajstić information content (AvgIpc) is 3.15. The van der Waals surface area contributed by atoms with Crippen molar-refractivity contribution in [3.05, 3.63) is 65.7 Å². The highest BCUT2D eigenvalue weighted by Crippen LogP contribution is 2.28. The van der Waals surface area contributed by atoms with E-state index in [0.29, 0.717) is 36.7 Å². The first-order chi connectivity index (χ1) is 17.5. The van der Waals surface area contributed by atoms with Crippen LogP contribution in [0.2, 0.25) is 0 Å². The maximum Gasteiger partial charge on any atom is 0.254 e. The van der Waals surface area contributed by atoms with E-state index >= 15 is 0 Å². The first kappa shape index (κ1) is 26.2. The highest BCUT2D eigenvalue weighted by atomic mass is 16.5. The Morgan fingerprint density at radius 2 is 1.89 bits per heavy atom. The van der Waals surface area contributed by atoms with Gasteiger partial charge in [-0.15, -0.1) is 0 Å². The molecule has 2 saturated heterocycles. The molecule has 0 radical (unpaired) electrons. The standard InChI is InChI=1S/C29H40N4O3/c1-22(2)19-32(20-23-9-5-4-6-10-23)25-18-27(29(35)31-15-8-13-30-14-16-31)33(21-25)28(34)24-11-7-12-26(17-24)36-3/h4-7,9-12,17,22,25,27,30H,8,13-16,18-21H2,1-3H3. The highest BCUT2D eigenvalue weighted by Gasteiger charge is 2.43. The molecule has 2 fully saturated rings. The number of benzene rings is 2. The van der Waals surface area contributed by atoms with Crippen molar-refractivity contribution in [2.75, 3.05) is 46.4 Å². The molecule has 194 valence electrons. The van der Waals surface area contributed by atoms with Crippen LogP contribution in [0.25, 0.3) is 0 Å². The van der Waals surface area contributed by atoms with Crippen molar-refractivity contribution in [1.82, 2.24) is 20.0 Å². The number of carbonyl (C=O) groups excluding carboxylic acids is 2. The normalized spacial score (nSPS) is 20.6. The molecule has 7 heteroatoms. The van der Waals surface area contributed by atoms with E-state index in [-0.39, 0.29) is 17.9 Å². The molecule has 2 aliphatic heterocycles. The Kier molecular flexibility index (Phi) is 8.99. The summed E-state index contributed by atoms with van der Waals surface area (Å²) in [5.41, 5.74) is 1.81. The molecule has 2 aromatic rings. The van der Waals surface area contributed by atoms with Gasteiger partial charge < -0.3 is 19.9 Å². The molecule has 0 bridgehead atoms. The van der Waals surface area contributed by atoms with Gasteiger partial charge in [0.05, 0.1) is 7.11 Å². The van der Waals surface area contributed by atoms with E-state index < -0.39 is 6.04 Å². The van der Waals surface area contributed by atoms with Crippen LogP contribution in [-0.4, -0.2) is 85.0 Å². The van der Waals surface area contributed by atoms with Crippen molar-refractivity contribution >= 4 is 11.8 Å². The minimum absolute atomic E-state index is 0.0710. The van der Waals surface area contributed by atoms with Gasteiger partial charge in [0.1, 0.15) is 11.8 Å². The van der Waals surface area contributed by atoms with Gasteiger partial charge in [-0.2, -0.15) is 0 Å². The van der Waals surface area contributed by atoms with Crippen LogP contribution < -0.4 is 10.1 Å². The van der Waals surface area contributed by atoms with Crippen molar-refractivity contribution in [3.8, 4) is 5.75 Å². The zero-order chi connectivity index (χ0) is 25.5. The molecule has 2 aliphatic rings. The van der Waals surface area contributed by atoms with Gasteiger partial charge in [0.25, 0.3) is 5.91 Å². The number of methoxy groups -OCH3 is 1. The van der Waals surface area contributed by atoms with Gasteiger partial charge in [0, 0.05) is 50.9 Å². The molecule has 7 nitrogen and oxygen atoms in total. The second-order valence-electron chi connectivity index (χ2n) is 10.3. The third-order valence-electron chi connectivity index (χ3n) is 7.14. The van der Waals surface area contributed by atoms with Crippen LogP contribution in [0.5, 0.6) is 5.75 Å².